The molecule has 5 rings (SSSR count). The first-order valence-corrected chi connectivity index (χ1v) is 16.2. The van der Waals surface area contributed by atoms with Gasteiger partial charge in [0.1, 0.15) is 5.75 Å². The zero-order valence-electron chi connectivity index (χ0n) is 26.5. The zero-order valence-corrected chi connectivity index (χ0v) is 26.5. The number of phenols is 3. The summed E-state index contributed by atoms with van der Waals surface area (Å²) in [7, 11) is 1.42. The van der Waals surface area contributed by atoms with Crippen LogP contribution in [0.25, 0.3) is 0 Å². The Balaban J connectivity index is 1.46. The van der Waals surface area contributed by atoms with Crippen molar-refractivity contribution in [2.75, 3.05) is 13.7 Å². The molecule has 0 spiro atoms. The van der Waals surface area contributed by atoms with E-state index in [2.05, 4.69) is 24.9 Å². The van der Waals surface area contributed by atoms with Gasteiger partial charge < -0.3 is 45.1 Å². The molecule has 2 fully saturated rings. The lowest BCUT2D eigenvalue weighted by Gasteiger charge is -2.45. The molecule has 1 saturated heterocycles. The zero-order chi connectivity index (χ0) is 32.2. The largest absolute Gasteiger partial charge is 0.670 e. The lowest BCUT2D eigenvalue weighted by atomic mass is 9.71. The Morgan fingerprint density at radius 2 is 1.82 bits per heavy atom. The molecule has 2 aromatic carbocycles. The highest BCUT2D eigenvalue weighted by Crippen LogP contribution is 2.52. The van der Waals surface area contributed by atoms with Crippen molar-refractivity contribution < 1.29 is 40.1 Å². The Labute approximate surface area is 265 Å². The number of nitrogens with zero attached hydrogens (tertiary/aromatic N) is 1. The molecule has 9 nitrogen and oxygen atoms in total. The van der Waals surface area contributed by atoms with Gasteiger partial charge in [0.05, 0.1) is 32.0 Å². The normalized spacial score (nSPS) is 24.0. The maximum Gasteiger partial charge on any atom is 0.201 e. The van der Waals surface area contributed by atoms with Crippen molar-refractivity contribution in [3.05, 3.63) is 70.0 Å². The summed E-state index contributed by atoms with van der Waals surface area (Å²) in [5.74, 6) is 0.194. The summed E-state index contributed by atoms with van der Waals surface area (Å²) in [5.41, 5.74) is 4.18. The van der Waals surface area contributed by atoms with Gasteiger partial charge in [-0.2, -0.15) is 12.4 Å². The third-order valence-electron chi connectivity index (χ3n) is 9.89. The van der Waals surface area contributed by atoms with Crippen molar-refractivity contribution in [3.8, 4) is 23.0 Å². The van der Waals surface area contributed by atoms with Crippen LogP contribution in [-0.4, -0.2) is 56.6 Å². The number of aromatic hydroxyl groups is 3. The molecular formula is C36H48NO8-. The summed E-state index contributed by atoms with van der Waals surface area (Å²) in [4.78, 5) is 4.15. The van der Waals surface area contributed by atoms with Crippen molar-refractivity contribution in [2.24, 2.45) is 11.8 Å². The van der Waals surface area contributed by atoms with Gasteiger partial charge in [-0.05, 0) is 85.5 Å². The quantitative estimate of drug-likeness (QED) is 0.143. The number of aliphatic hydroxyl groups is 3. The van der Waals surface area contributed by atoms with E-state index in [0.29, 0.717) is 36.3 Å². The molecule has 0 radical (unpaired) electrons. The summed E-state index contributed by atoms with van der Waals surface area (Å²) in [6, 6.07) is 7.75. The summed E-state index contributed by atoms with van der Waals surface area (Å²) in [6.07, 6.45) is 7.16. The van der Waals surface area contributed by atoms with E-state index < -0.39 is 30.3 Å². The van der Waals surface area contributed by atoms with E-state index in [-0.39, 0.29) is 53.9 Å². The standard InChI is InChI=1S/C36H48NO8/c1-20(2)13-24(5-4-12-38)26-15-22(7-9-29(26)40)23-6-8-25-30(41)17-32(45-31(25)16-23)33-27(14-21-10-11-37-18-21)36(44-3)35(43)34(42)28(33)19-39/h7,9-11,15,18,20,23-25,30-32,38-43H,4-6,8,12-14,16-17,19H2,1-3H3/q-1. The molecule has 0 bridgehead atoms. The fraction of sp³-hybridized carbons (Fsp3) is 0.556. The second kappa shape index (κ2) is 14.5. The molecule has 1 aromatic heterocycles. The SMILES string of the molecule is COc1c(O)c(O)c(CO)c(C2CC(O)C3CCC(c4ccc(O)c(C(CCCO)CC(C)C)c4)CC3O2)c1Cc1cc[n-]c1. The highest BCUT2D eigenvalue weighted by molar-refractivity contribution is 5.64. The lowest BCUT2D eigenvalue weighted by molar-refractivity contribution is -0.154. The minimum Gasteiger partial charge on any atom is -0.670 e. The first-order chi connectivity index (χ1) is 21.7. The fourth-order valence-electron chi connectivity index (χ4n) is 7.76. The van der Waals surface area contributed by atoms with E-state index in [4.69, 9.17) is 9.47 Å². The minimum atomic E-state index is -0.652. The first kappa shape index (κ1) is 33.1. The van der Waals surface area contributed by atoms with E-state index in [1.807, 2.05) is 12.1 Å². The van der Waals surface area contributed by atoms with Gasteiger partial charge in [-0.25, -0.2) is 0 Å². The van der Waals surface area contributed by atoms with E-state index in [9.17, 15) is 30.6 Å². The van der Waals surface area contributed by atoms with Crippen LogP contribution in [0.4, 0.5) is 0 Å². The van der Waals surface area contributed by atoms with Crippen molar-refractivity contribution in [1.29, 1.82) is 0 Å². The van der Waals surface area contributed by atoms with Gasteiger partial charge in [0.15, 0.2) is 11.5 Å². The number of hydrogen-bond donors (Lipinski definition) is 6. The highest BCUT2D eigenvalue weighted by atomic mass is 16.5. The van der Waals surface area contributed by atoms with E-state index >= 15 is 0 Å². The molecule has 0 amide bonds. The predicted octanol–water partition coefficient (Wildman–Crippen LogP) is 5.53. The van der Waals surface area contributed by atoms with Crippen molar-refractivity contribution in [1.82, 2.24) is 4.98 Å². The summed E-state index contributed by atoms with van der Waals surface area (Å²) in [6.45, 7) is 3.94. The molecule has 45 heavy (non-hydrogen) atoms. The Morgan fingerprint density at radius 1 is 1.02 bits per heavy atom. The molecule has 6 N–H and O–H groups in total. The second-order valence-electron chi connectivity index (χ2n) is 13.3. The van der Waals surface area contributed by atoms with Crippen LogP contribution in [0, 0.1) is 11.8 Å². The predicted molar refractivity (Wildman–Crippen MR) is 170 cm³/mol. The van der Waals surface area contributed by atoms with Crippen LogP contribution in [0.2, 0.25) is 0 Å². The summed E-state index contributed by atoms with van der Waals surface area (Å²) < 4.78 is 12.4. The number of benzene rings is 2. The Kier molecular flexibility index (Phi) is 10.6. The van der Waals surface area contributed by atoms with Crippen LogP contribution in [0.3, 0.4) is 0 Å². The number of aliphatic hydroxyl groups excluding tert-OH is 3. The van der Waals surface area contributed by atoms with Crippen molar-refractivity contribution in [3.63, 3.8) is 0 Å². The number of phenolic OH excluding ortho intramolecular Hbond substituents is 2. The summed E-state index contributed by atoms with van der Waals surface area (Å²) in [5, 5.41) is 63.9. The molecule has 9 heteroatoms. The van der Waals surface area contributed by atoms with Gasteiger partial charge in [-0.15, -0.1) is 0 Å². The van der Waals surface area contributed by atoms with Gasteiger partial charge in [-0.1, -0.05) is 37.6 Å². The molecule has 1 saturated carbocycles. The van der Waals surface area contributed by atoms with E-state index in [1.54, 1.807) is 18.5 Å². The number of fused-ring (bicyclic) bond motifs is 1. The van der Waals surface area contributed by atoms with Gasteiger partial charge in [-0.3, -0.25) is 0 Å². The van der Waals surface area contributed by atoms with Crippen molar-refractivity contribution in [2.45, 2.75) is 102 Å². The number of ether oxygens (including phenoxy) is 2. The Morgan fingerprint density at radius 3 is 2.49 bits per heavy atom. The highest BCUT2D eigenvalue weighted by Gasteiger charge is 2.44. The fourth-order valence-corrected chi connectivity index (χ4v) is 7.76. The van der Waals surface area contributed by atoms with Crippen molar-refractivity contribution >= 4 is 0 Å². The average Bonchev–Trinajstić information content (AvgIpc) is 3.54. The lowest BCUT2D eigenvalue weighted by Crippen LogP contribution is -2.44. The Hall–Kier alpha value is -3.24. The van der Waals surface area contributed by atoms with E-state index in [1.165, 1.54) is 7.11 Å². The first-order valence-electron chi connectivity index (χ1n) is 16.2. The molecule has 2 heterocycles. The van der Waals surface area contributed by atoms with Gasteiger partial charge in [0, 0.05) is 30.1 Å². The number of rotatable bonds is 12. The van der Waals surface area contributed by atoms with Gasteiger partial charge in [0.2, 0.25) is 5.75 Å². The van der Waals surface area contributed by atoms with Crippen LogP contribution in [0.1, 0.15) is 110 Å². The van der Waals surface area contributed by atoms with Crippen LogP contribution in [0.5, 0.6) is 23.0 Å². The molecule has 6 atom stereocenters. The molecule has 1 aliphatic heterocycles. The molecule has 3 aromatic rings. The number of methoxy groups -OCH3 is 1. The maximum absolute atomic E-state index is 11.4. The van der Waals surface area contributed by atoms with Crippen LogP contribution >= 0.6 is 0 Å². The maximum atomic E-state index is 11.4. The molecule has 246 valence electrons. The second-order valence-corrected chi connectivity index (χ2v) is 13.3. The van der Waals surface area contributed by atoms with Gasteiger partial charge in [0.25, 0.3) is 0 Å². The summed E-state index contributed by atoms with van der Waals surface area (Å²) >= 11 is 0. The topological polar surface area (TPSA) is 154 Å². The smallest absolute Gasteiger partial charge is 0.201 e. The molecule has 1 aliphatic carbocycles. The molecule has 2 aliphatic rings. The van der Waals surface area contributed by atoms with Crippen LogP contribution in [0.15, 0.2) is 36.7 Å². The third kappa shape index (κ3) is 6.97. The minimum absolute atomic E-state index is 0.0553. The number of aromatic nitrogens is 1. The molecule has 6 unspecified atom stereocenters. The monoisotopic (exact) mass is 622 g/mol. The average molecular weight is 623 g/mol. The number of hydrogen-bond acceptors (Lipinski definition) is 8. The van der Waals surface area contributed by atoms with E-state index in [0.717, 1.165) is 42.4 Å². The van der Waals surface area contributed by atoms with Crippen LogP contribution in [-0.2, 0) is 17.8 Å². The molecular weight excluding hydrogens is 574 g/mol. The third-order valence-corrected chi connectivity index (χ3v) is 9.89. The Bertz CT molecular complexity index is 1420. The van der Waals surface area contributed by atoms with Gasteiger partial charge >= 0.3 is 0 Å². The van der Waals surface area contributed by atoms with Crippen LogP contribution < -0.4 is 9.72 Å².